The number of pyridine rings is 1. The number of ether oxygens (including phenoxy) is 1. The van der Waals surface area contributed by atoms with Crippen molar-refractivity contribution in [3.8, 4) is 22.6 Å². The van der Waals surface area contributed by atoms with E-state index in [4.69, 9.17) is 16.3 Å². The second-order valence-corrected chi connectivity index (χ2v) is 8.27. The molecule has 0 unspecified atom stereocenters. The van der Waals surface area contributed by atoms with Crippen molar-refractivity contribution in [3.63, 3.8) is 0 Å². The van der Waals surface area contributed by atoms with Crippen LogP contribution in [0.15, 0.2) is 72.9 Å². The zero-order valence-corrected chi connectivity index (χ0v) is 18.9. The molecule has 162 valence electrons. The Kier molecular flexibility index (Phi) is 6.28. The molecule has 0 fully saturated rings. The highest BCUT2D eigenvalue weighted by Gasteiger charge is 2.12. The fourth-order valence-electron chi connectivity index (χ4n) is 3.59. The van der Waals surface area contributed by atoms with Gasteiger partial charge in [0.05, 0.1) is 10.5 Å². The van der Waals surface area contributed by atoms with Gasteiger partial charge in [-0.2, -0.15) is 0 Å². The van der Waals surface area contributed by atoms with Gasteiger partial charge in [-0.15, -0.1) is 0 Å². The van der Waals surface area contributed by atoms with Gasteiger partial charge in [-0.3, -0.25) is 4.98 Å². The fourth-order valence-corrected chi connectivity index (χ4v) is 3.81. The number of benzene rings is 3. The van der Waals surface area contributed by atoms with Gasteiger partial charge in [0.2, 0.25) is 0 Å². The van der Waals surface area contributed by atoms with E-state index in [1.807, 2.05) is 87.6 Å². The van der Waals surface area contributed by atoms with Crippen molar-refractivity contribution in [2.75, 3.05) is 5.32 Å². The molecule has 32 heavy (non-hydrogen) atoms. The number of rotatable bonds is 5. The molecule has 1 heterocycles. The van der Waals surface area contributed by atoms with Gasteiger partial charge in [0.1, 0.15) is 11.5 Å². The van der Waals surface area contributed by atoms with E-state index in [0.29, 0.717) is 22.2 Å². The van der Waals surface area contributed by atoms with Crippen molar-refractivity contribution < 1.29 is 9.53 Å². The molecule has 0 saturated carbocycles. The van der Waals surface area contributed by atoms with Crippen LogP contribution in [0.3, 0.4) is 0 Å². The van der Waals surface area contributed by atoms with Crippen molar-refractivity contribution in [2.45, 2.75) is 26.8 Å². The number of para-hydroxylation sites is 1. The summed E-state index contributed by atoms with van der Waals surface area (Å²) < 4.78 is 6.11. The lowest BCUT2D eigenvalue weighted by Gasteiger charge is -2.13. The lowest BCUT2D eigenvalue weighted by molar-refractivity contribution is 0.250. The summed E-state index contributed by atoms with van der Waals surface area (Å²) in [6, 6.07) is 20.8. The van der Waals surface area contributed by atoms with Crippen LogP contribution in [0, 0.1) is 6.92 Å². The van der Waals surface area contributed by atoms with Gasteiger partial charge in [-0.1, -0.05) is 41.9 Å². The van der Waals surface area contributed by atoms with Crippen molar-refractivity contribution in [3.05, 3.63) is 83.5 Å². The molecule has 1 aromatic heterocycles. The van der Waals surface area contributed by atoms with Gasteiger partial charge in [-0.25, -0.2) is 4.79 Å². The third-order valence-electron chi connectivity index (χ3n) is 4.91. The second kappa shape index (κ2) is 9.28. The summed E-state index contributed by atoms with van der Waals surface area (Å²) in [5.74, 6) is 1.32. The molecule has 0 atom stereocenters. The predicted molar refractivity (Wildman–Crippen MR) is 131 cm³/mol. The minimum absolute atomic E-state index is 0.0553. The predicted octanol–water partition coefficient (Wildman–Crippen LogP) is 7.19. The first-order valence-corrected chi connectivity index (χ1v) is 10.8. The summed E-state index contributed by atoms with van der Waals surface area (Å²) in [5.41, 5.74) is 4.57. The molecule has 6 heteroatoms. The van der Waals surface area contributed by atoms with Gasteiger partial charge in [-0.05, 0) is 67.8 Å². The topological polar surface area (TPSA) is 63.2 Å². The molecule has 0 aliphatic rings. The highest BCUT2D eigenvalue weighted by molar-refractivity contribution is 6.35. The maximum Gasteiger partial charge on any atom is 0.319 e. The van der Waals surface area contributed by atoms with Crippen LogP contribution < -0.4 is 15.4 Å². The number of fused-ring (bicyclic) bond motifs is 1. The van der Waals surface area contributed by atoms with Gasteiger partial charge >= 0.3 is 6.03 Å². The molecule has 4 rings (SSSR count). The number of anilines is 1. The van der Waals surface area contributed by atoms with Crippen LogP contribution in [0.5, 0.6) is 11.5 Å². The molecule has 2 amide bonds. The quantitative estimate of drug-likeness (QED) is 0.341. The Labute approximate surface area is 192 Å². The minimum atomic E-state index is -0.252. The number of amides is 2. The van der Waals surface area contributed by atoms with E-state index in [1.165, 1.54) is 0 Å². The van der Waals surface area contributed by atoms with E-state index in [2.05, 4.69) is 15.6 Å². The number of urea groups is 1. The molecular formula is C26H24ClN3O2. The van der Waals surface area contributed by atoms with Gasteiger partial charge in [0.25, 0.3) is 0 Å². The average Bonchev–Trinajstić information content (AvgIpc) is 2.73. The lowest BCUT2D eigenvalue weighted by Crippen LogP contribution is -2.34. The summed E-state index contributed by atoms with van der Waals surface area (Å²) in [4.78, 5) is 16.5. The van der Waals surface area contributed by atoms with Crippen LogP contribution in [0.25, 0.3) is 22.0 Å². The van der Waals surface area contributed by atoms with Gasteiger partial charge in [0.15, 0.2) is 0 Å². The zero-order chi connectivity index (χ0) is 22.7. The molecule has 2 N–H and O–H groups in total. The third-order valence-corrected chi connectivity index (χ3v) is 5.21. The molecular weight excluding hydrogens is 422 g/mol. The Bertz CT molecular complexity index is 1290. The van der Waals surface area contributed by atoms with E-state index in [9.17, 15) is 4.79 Å². The number of carbonyl (C=O) groups is 1. The molecule has 0 bridgehead atoms. The molecule has 0 aliphatic carbocycles. The number of nitrogens with one attached hydrogen (secondary N) is 2. The SMILES string of the molecule is Cc1cnc2c(Cl)cccc2c1-c1cccc(Oc2cccc(NC(=O)NC(C)C)c2)c1. The van der Waals surface area contributed by atoms with Crippen molar-refractivity contribution >= 4 is 34.2 Å². The van der Waals surface area contributed by atoms with E-state index in [-0.39, 0.29) is 12.1 Å². The number of hydrogen-bond acceptors (Lipinski definition) is 3. The van der Waals surface area contributed by atoms with Gasteiger partial charge in [0, 0.05) is 29.4 Å². The first-order chi connectivity index (χ1) is 15.4. The van der Waals surface area contributed by atoms with Crippen LogP contribution in [0.4, 0.5) is 10.5 Å². The van der Waals surface area contributed by atoms with Crippen molar-refractivity contribution in [1.82, 2.24) is 10.3 Å². The number of nitrogens with zero attached hydrogens (tertiary/aromatic N) is 1. The number of aromatic nitrogens is 1. The zero-order valence-electron chi connectivity index (χ0n) is 18.1. The van der Waals surface area contributed by atoms with Crippen molar-refractivity contribution in [1.29, 1.82) is 0 Å². The normalized spacial score (nSPS) is 10.9. The second-order valence-electron chi connectivity index (χ2n) is 7.86. The molecule has 3 aromatic carbocycles. The summed E-state index contributed by atoms with van der Waals surface area (Å²) in [5, 5.41) is 7.25. The van der Waals surface area contributed by atoms with Crippen LogP contribution in [0.1, 0.15) is 19.4 Å². The van der Waals surface area contributed by atoms with E-state index >= 15 is 0 Å². The molecule has 0 radical (unpaired) electrons. The third kappa shape index (κ3) is 4.84. The first-order valence-electron chi connectivity index (χ1n) is 10.4. The smallest absolute Gasteiger partial charge is 0.319 e. The van der Waals surface area contributed by atoms with Crippen LogP contribution in [-0.4, -0.2) is 17.1 Å². The molecule has 5 nitrogen and oxygen atoms in total. The van der Waals surface area contributed by atoms with Crippen molar-refractivity contribution in [2.24, 2.45) is 0 Å². The highest BCUT2D eigenvalue weighted by atomic mass is 35.5. The molecule has 0 spiro atoms. The Morgan fingerprint density at radius 3 is 2.50 bits per heavy atom. The Hall–Kier alpha value is -3.57. The standard InChI is InChI=1S/C26H24ClN3O2/c1-16(2)29-26(31)30-19-8-5-10-21(14-19)32-20-9-4-7-18(13-20)24-17(3)15-28-25-22(24)11-6-12-23(25)27/h4-16H,1-3H3,(H2,29,30,31). The summed E-state index contributed by atoms with van der Waals surface area (Å²) in [7, 11) is 0. The lowest BCUT2D eigenvalue weighted by atomic mass is 9.97. The summed E-state index contributed by atoms with van der Waals surface area (Å²) >= 11 is 6.36. The Morgan fingerprint density at radius 2 is 1.72 bits per heavy atom. The maximum atomic E-state index is 12.0. The fraction of sp³-hybridized carbons (Fsp3) is 0.154. The van der Waals surface area contributed by atoms with E-state index < -0.39 is 0 Å². The average molecular weight is 446 g/mol. The Balaban J connectivity index is 1.62. The van der Waals surface area contributed by atoms with E-state index in [1.54, 1.807) is 6.07 Å². The first kappa shape index (κ1) is 21.7. The number of hydrogen-bond donors (Lipinski definition) is 2. The maximum absolute atomic E-state index is 12.0. The van der Waals surface area contributed by atoms with Crippen LogP contribution in [0.2, 0.25) is 5.02 Å². The Morgan fingerprint density at radius 1 is 1.00 bits per heavy atom. The van der Waals surface area contributed by atoms with E-state index in [0.717, 1.165) is 27.6 Å². The minimum Gasteiger partial charge on any atom is -0.457 e. The summed E-state index contributed by atoms with van der Waals surface area (Å²) in [6.07, 6.45) is 1.84. The largest absolute Gasteiger partial charge is 0.457 e. The number of halogens is 1. The number of carbonyl (C=O) groups excluding carboxylic acids is 1. The van der Waals surface area contributed by atoms with Crippen LogP contribution >= 0.6 is 11.6 Å². The summed E-state index contributed by atoms with van der Waals surface area (Å²) in [6.45, 7) is 5.86. The van der Waals surface area contributed by atoms with Gasteiger partial charge < -0.3 is 15.4 Å². The molecule has 4 aromatic rings. The van der Waals surface area contributed by atoms with Crippen LogP contribution in [-0.2, 0) is 0 Å². The highest BCUT2D eigenvalue weighted by Crippen LogP contribution is 2.35. The molecule has 0 aliphatic heterocycles. The monoisotopic (exact) mass is 445 g/mol. The molecule has 0 saturated heterocycles. The number of aryl methyl sites for hydroxylation is 1.